The van der Waals surface area contributed by atoms with Gasteiger partial charge in [-0.2, -0.15) is 0 Å². The molecule has 0 saturated carbocycles. The molecule has 0 amide bonds. The zero-order chi connectivity index (χ0) is 8.15. The quantitative estimate of drug-likeness (QED) is 0.481. The summed E-state index contributed by atoms with van der Waals surface area (Å²) in [5, 5.41) is 8.75. The number of aliphatic hydroxyl groups is 1. The van der Waals surface area contributed by atoms with Gasteiger partial charge in [-0.1, -0.05) is 0 Å². The first-order chi connectivity index (χ1) is 4.63. The Hall–Kier alpha value is -0.0900. The molecule has 0 radical (unpaired) electrons. The van der Waals surface area contributed by atoms with Crippen LogP contribution in [0.25, 0.3) is 0 Å². The molecule has 2 heteroatoms. The van der Waals surface area contributed by atoms with E-state index in [-0.39, 0.29) is 6.61 Å². The zero-order valence-corrected chi connectivity index (χ0v) is 7.65. The molecule has 56 valence electrons. The fraction of sp³-hybridized carbons (Fsp3) is 0.625. The number of hydrogen-bond donors (Lipinski definition) is 1. The van der Waals surface area contributed by atoms with Crippen LogP contribution in [0.4, 0.5) is 0 Å². The van der Waals surface area contributed by atoms with Crippen LogP contribution in [-0.4, -0.2) is 17.4 Å². The monoisotopic (exact) mass is 157 g/mol. The maximum atomic E-state index is 8.75. The Balaban J connectivity index is 4.34. The topological polar surface area (TPSA) is 20.2 Å². The minimum atomic E-state index is 0.145. The maximum absolute atomic E-state index is 8.75. The van der Waals surface area contributed by atoms with Crippen LogP contribution in [0.1, 0.15) is 20.8 Å². The molecule has 1 nitrogen and oxygen atoms in total. The Bertz CT molecular complexity index is 176. The van der Waals surface area contributed by atoms with Crippen molar-refractivity contribution < 1.29 is 5.11 Å². The summed E-state index contributed by atoms with van der Waals surface area (Å²) in [6.45, 7) is 6.13. The van der Waals surface area contributed by atoms with Gasteiger partial charge in [-0.3, -0.25) is 0 Å². The van der Waals surface area contributed by atoms with E-state index in [0.717, 1.165) is 13.6 Å². The molecule has 10 heavy (non-hydrogen) atoms. The average molecular weight is 157 g/mol. The number of rotatable bonds is 2. The molecule has 0 fully saturated rings. The summed E-state index contributed by atoms with van der Waals surface area (Å²) in [5.41, 5.74) is 2.60. The average Bonchev–Trinajstić information content (AvgIpc) is 2.00. The normalized spacial score (nSPS) is 15.9. The molecular weight excluding hydrogens is 143 g/mol. The van der Waals surface area contributed by atoms with Gasteiger partial charge in [0.2, 0.25) is 0 Å². The van der Waals surface area contributed by atoms with E-state index < -0.39 is 0 Å². The molecule has 0 spiro atoms. The van der Waals surface area contributed by atoms with Gasteiger partial charge in [0.15, 0.2) is 0 Å². The van der Waals surface area contributed by atoms with Gasteiger partial charge in [0, 0.05) is 0 Å². The zero-order valence-electron chi connectivity index (χ0n) is 6.76. The van der Waals surface area contributed by atoms with Gasteiger partial charge in [-0.15, -0.1) is 0 Å². The molecule has 0 rings (SSSR count). The van der Waals surface area contributed by atoms with E-state index in [1.807, 2.05) is 13.8 Å². The van der Waals surface area contributed by atoms with E-state index in [2.05, 4.69) is 6.92 Å². The van der Waals surface area contributed by atoms with Crippen molar-refractivity contribution in [1.82, 2.24) is 0 Å². The fourth-order valence-electron chi connectivity index (χ4n) is 0.593. The van der Waals surface area contributed by atoms with Crippen molar-refractivity contribution in [1.29, 1.82) is 0 Å². The predicted molar refractivity (Wildman–Crippen MR) is 46.8 cm³/mol. The van der Waals surface area contributed by atoms with Gasteiger partial charge < -0.3 is 0 Å². The summed E-state index contributed by atoms with van der Waals surface area (Å²) in [7, 11) is 0.873. The molecule has 0 aliphatic heterocycles. The molecule has 0 aromatic heterocycles. The van der Waals surface area contributed by atoms with E-state index in [1.54, 1.807) is 0 Å². The molecular formula is C8H14OP+. The first kappa shape index (κ1) is 9.91. The Kier molecular flexibility index (Phi) is 4.64. The van der Waals surface area contributed by atoms with Crippen LogP contribution in [-0.2, 0) is 0 Å². The third-order valence-corrected chi connectivity index (χ3v) is 2.60. The van der Waals surface area contributed by atoms with E-state index >= 15 is 0 Å². The molecule has 0 saturated heterocycles. The molecule has 0 aliphatic carbocycles. The van der Waals surface area contributed by atoms with Crippen molar-refractivity contribution in [3.63, 3.8) is 0 Å². The van der Waals surface area contributed by atoms with Crippen LogP contribution in [0, 0.1) is 6.13 Å². The van der Waals surface area contributed by atoms with Crippen LogP contribution in [0.2, 0.25) is 0 Å². The van der Waals surface area contributed by atoms with Crippen molar-refractivity contribution in [3.8, 4) is 6.13 Å². The van der Waals surface area contributed by atoms with Gasteiger partial charge in [0.25, 0.3) is 0 Å². The van der Waals surface area contributed by atoms with Gasteiger partial charge in [-0.05, 0) is 0 Å². The summed E-state index contributed by atoms with van der Waals surface area (Å²) in [5.74, 6) is 0. The Morgan fingerprint density at radius 2 is 2.10 bits per heavy atom. The van der Waals surface area contributed by atoms with Crippen LogP contribution in [0.15, 0.2) is 11.1 Å². The third kappa shape index (κ3) is 2.66. The molecule has 1 unspecified atom stereocenters. The van der Waals surface area contributed by atoms with Gasteiger partial charge >= 0.3 is 63.5 Å². The van der Waals surface area contributed by atoms with Crippen LogP contribution in [0.3, 0.4) is 0 Å². The molecule has 1 N–H and O–H groups in total. The molecule has 0 bridgehead atoms. The fourth-order valence-corrected chi connectivity index (χ4v) is 1.04. The Morgan fingerprint density at radius 1 is 1.60 bits per heavy atom. The van der Waals surface area contributed by atoms with Crippen LogP contribution in [0.5, 0.6) is 0 Å². The first-order valence-electron chi connectivity index (χ1n) is 3.30. The summed E-state index contributed by atoms with van der Waals surface area (Å²) in [4.78, 5) is 0. The SMILES string of the molecule is C#[P+]C(C)C(C)=C(C)CO. The Morgan fingerprint density at radius 3 is 2.40 bits per heavy atom. The van der Waals surface area contributed by atoms with E-state index in [9.17, 15) is 0 Å². The van der Waals surface area contributed by atoms with E-state index in [4.69, 9.17) is 11.2 Å². The summed E-state index contributed by atoms with van der Waals surface area (Å²) in [6.07, 6.45) is 5.42. The molecule has 1 atom stereocenters. The van der Waals surface area contributed by atoms with E-state index in [0.29, 0.717) is 5.66 Å². The second kappa shape index (κ2) is 4.68. The van der Waals surface area contributed by atoms with Crippen molar-refractivity contribution in [3.05, 3.63) is 11.1 Å². The van der Waals surface area contributed by atoms with Crippen molar-refractivity contribution in [2.75, 3.05) is 6.61 Å². The van der Waals surface area contributed by atoms with Crippen molar-refractivity contribution in [2.45, 2.75) is 26.4 Å². The summed E-state index contributed by atoms with van der Waals surface area (Å²) in [6, 6.07) is 0. The molecule has 0 heterocycles. The van der Waals surface area contributed by atoms with Crippen molar-refractivity contribution >= 4 is 8.04 Å². The summed E-state index contributed by atoms with van der Waals surface area (Å²) < 4.78 is 0. The standard InChI is InChI=1S/C8H14OP/c1-6(5-9)7(2)8(3)10-4/h4,8-9H,5H2,1-3H3/q+1. The number of hydrogen-bond acceptors (Lipinski definition) is 1. The van der Waals surface area contributed by atoms with E-state index in [1.165, 1.54) is 5.57 Å². The minimum absolute atomic E-state index is 0.145. The predicted octanol–water partition coefficient (Wildman–Crippen LogP) is 2.24. The van der Waals surface area contributed by atoms with Gasteiger partial charge in [-0.25, -0.2) is 0 Å². The number of allylic oxidation sites excluding steroid dienone is 1. The third-order valence-electron chi connectivity index (χ3n) is 1.76. The Labute approximate surface area is 64.2 Å². The van der Waals surface area contributed by atoms with Gasteiger partial charge in [0.1, 0.15) is 0 Å². The van der Waals surface area contributed by atoms with Crippen LogP contribution >= 0.6 is 8.04 Å². The van der Waals surface area contributed by atoms with Crippen LogP contribution < -0.4 is 0 Å². The first-order valence-corrected chi connectivity index (χ1v) is 4.33. The second-order valence-corrected chi connectivity index (χ2v) is 3.52. The van der Waals surface area contributed by atoms with Crippen molar-refractivity contribution in [2.24, 2.45) is 0 Å². The van der Waals surface area contributed by atoms with Gasteiger partial charge in [0.05, 0.1) is 0 Å². The summed E-state index contributed by atoms with van der Waals surface area (Å²) >= 11 is 0. The second-order valence-electron chi connectivity index (χ2n) is 2.45. The molecule has 0 aliphatic rings. The molecule has 0 aromatic carbocycles. The molecule has 0 aromatic rings. The number of aliphatic hydroxyl groups excluding tert-OH is 1.